The molecule has 0 amide bonds. The van der Waals surface area contributed by atoms with E-state index in [1.54, 1.807) is 12.3 Å². The van der Waals surface area contributed by atoms with Crippen LogP contribution in [0.5, 0.6) is 0 Å². The molecule has 0 fully saturated rings. The number of carbonyl (C=O) groups excluding carboxylic acids is 1. The summed E-state index contributed by atoms with van der Waals surface area (Å²) in [7, 11) is 0. The van der Waals surface area contributed by atoms with Gasteiger partial charge in [0.2, 0.25) is 6.08 Å². The number of halogens is 1. The topological polar surface area (TPSA) is 42.3 Å². The van der Waals surface area contributed by atoms with Crippen molar-refractivity contribution in [1.29, 1.82) is 0 Å². The highest BCUT2D eigenvalue weighted by Crippen LogP contribution is 2.13. The highest BCUT2D eigenvalue weighted by molar-refractivity contribution is 6.31. The summed E-state index contributed by atoms with van der Waals surface area (Å²) in [4.78, 5) is 16.9. The Labute approximate surface area is 68.7 Å². The number of nitrogens with zero attached hydrogens (tertiary/aromatic N) is 2. The van der Waals surface area contributed by atoms with Gasteiger partial charge in [-0.15, -0.1) is 0 Å². The third kappa shape index (κ3) is 2.15. The Morgan fingerprint density at radius 3 is 3.18 bits per heavy atom. The molecule has 0 aliphatic carbocycles. The molecule has 0 atom stereocenters. The van der Waals surface area contributed by atoms with Gasteiger partial charge in [-0.1, -0.05) is 11.6 Å². The van der Waals surface area contributed by atoms with Crippen LogP contribution in [0.4, 0.5) is 0 Å². The monoisotopic (exact) mass is 168 g/mol. The zero-order valence-electron chi connectivity index (χ0n) is 5.62. The molecule has 0 spiro atoms. The van der Waals surface area contributed by atoms with E-state index in [4.69, 9.17) is 11.6 Å². The van der Waals surface area contributed by atoms with Crippen molar-refractivity contribution in [3.63, 3.8) is 0 Å². The Morgan fingerprint density at radius 1 is 1.73 bits per heavy atom. The molecule has 56 valence electrons. The molecule has 11 heavy (non-hydrogen) atoms. The summed E-state index contributed by atoms with van der Waals surface area (Å²) in [5, 5.41) is 0.520. The molecular weight excluding hydrogens is 164 g/mol. The summed E-state index contributed by atoms with van der Waals surface area (Å²) >= 11 is 5.71. The van der Waals surface area contributed by atoms with Gasteiger partial charge in [0, 0.05) is 12.4 Å². The fraction of sp³-hybridized carbons (Fsp3) is 0.143. The van der Waals surface area contributed by atoms with Gasteiger partial charge in [-0.05, 0) is 11.6 Å². The Balaban J connectivity index is 2.85. The molecule has 3 nitrogen and oxygen atoms in total. The Bertz CT molecular complexity index is 294. The lowest BCUT2D eigenvalue weighted by molar-refractivity contribution is 0.563. The summed E-state index contributed by atoms with van der Waals surface area (Å²) in [5.74, 6) is 0. The second kappa shape index (κ2) is 3.86. The van der Waals surface area contributed by atoms with Crippen molar-refractivity contribution >= 4 is 17.7 Å². The molecule has 0 N–H and O–H groups in total. The van der Waals surface area contributed by atoms with E-state index < -0.39 is 0 Å². The van der Waals surface area contributed by atoms with Crippen LogP contribution in [0.15, 0.2) is 23.5 Å². The average molecular weight is 169 g/mol. The van der Waals surface area contributed by atoms with Crippen molar-refractivity contribution in [2.75, 3.05) is 0 Å². The van der Waals surface area contributed by atoms with E-state index in [0.717, 1.165) is 5.56 Å². The summed E-state index contributed by atoms with van der Waals surface area (Å²) in [6.45, 7) is 0.269. The number of isocyanates is 1. The predicted octanol–water partition coefficient (Wildman–Crippen LogP) is 1.57. The number of hydrogen-bond acceptors (Lipinski definition) is 3. The molecule has 0 radical (unpaired) electrons. The predicted molar refractivity (Wildman–Crippen MR) is 41.1 cm³/mol. The van der Waals surface area contributed by atoms with Crippen molar-refractivity contribution in [1.82, 2.24) is 4.98 Å². The average Bonchev–Trinajstić information content (AvgIpc) is 2.03. The first kappa shape index (κ1) is 7.92. The highest BCUT2D eigenvalue weighted by atomic mass is 35.5. The van der Waals surface area contributed by atoms with Crippen LogP contribution in [-0.4, -0.2) is 11.1 Å². The van der Waals surface area contributed by atoms with Crippen molar-refractivity contribution in [2.45, 2.75) is 6.54 Å². The molecular formula is C7H5ClN2O. The molecule has 4 heteroatoms. The van der Waals surface area contributed by atoms with Crippen molar-refractivity contribution in [3.8, 4) is 0 Å². The fourth-order valence-corrected chi connectivity index (χ4v) is 0.829. The maximum atomic E-state index is 9.74. The summed E-state index contributed by atoms with van der Waals surface area (Å²) < 4.78 is 0. The molecule has 0 unspecified atom stereocenters. The SMILES string of the molecule is O=C=NCc1ccncc1Cl. The number of rotatable bonds is 2. The molecule has 0 aromatic carbocycles. The molecule has 1 rings (SSSR count). The lowest BCUT2D eigenvalue weighted by Crippen LogP contribution is -1.83. The van der Waals surface area contributed by atoms with Crippen LogP contribution in [0.1, 0.15) is 5.56 Å². The zero-order chi connectivity index (χ0) is 8.10. The minimum atomic E-state index is 0.269. The zero-order valence-corrected chi connectivity index (χ0v) is 6.38. The number of aromatic nitrogens is 1. The van der Waals surface area contributed by atoms with E-state index in [-0.39, 0.29) is 6.54 Å². The van der Waals surface area contributed by atoms with Crippen molar-refractivity contribution in [2.24, 2.45) is 4.99 Å². The third-order valence-electron chi connectivity index (χ3n) is 1.17. The Hall–Kier alpha value is -1.18. The molecule has 0 aliphatic rings. The van der Waals surface area contributed by atoms with Crippen LogP contribution >= 0.6 is 11.6 Å². The van der Waals surface area contributed by atoms with E-state index in [2.05, 4.69) is 9.98 Å². The van der Waals surface area contributed by atoms with Gasteiger partial charge in [0.05, 0.1) is 11.6 Å². The molecule has 1 aromatic heterocycles. The highest BCUT2D eigenvalue weighted by Gasteiger charge is 1.96. The minimum absolute atomic E-state index is 0.269. The Morgan fingerprint density at radius 2 is 2.55 bits per heavy atom. The standard InChI is InChI=1S/C7H5ClN2O/c8-7-4-9-2-1-6(7)3-10-5-11/h1-2,4H,3H2. The van der Waals surface area contributed by atoms with Gasteiger partial charge in [-0.2, -0.15) is 0 Å². The lowest BCUT2D eigenvalue weighted by atomic mass is 10.3. The molecule has 0 saturated heterocycles. The van der Waals surface area contributed by atoms with Gasteiger partial charge in [0.1, 0.15) is 0 Å². The molecule has 1 heterocycles. The molecule has 1 aromatic rings. The van der Waals surface area contributed by atoms with E-state index in [1.807, 2.05) is 0 Å². The third-order valence-corrected chi connectivity index (χ3v) is 1.51. The largest absolute Gasteiger partial charge is 0.263 e. The van der Waals surface area contributed by atoms with Gasteiger partial charge < -0.3 is 0 Å². The van der Waals surface area contributed by atoms with Crippen LogP contribution < -0.4 is 0 Å². The first-order chi connectivity index (χ1) is 5.34. The number of pyridine rings is 1. The second-order valence-electron chi connectivity index (χ2n) is 1.87. The van der Waals surface area contributed by atoms with Gasteiger partial charge in [-0.25, -0.2) is 9.79 Å². The van der Waals surface area contributed by atoms with Crippen LogP contribution in [-0.2, 0) is 11.3 Å². The minimum Gasteiger partial charge on any atom is -0.263 e. The second-order valence-corrected chi connectivity index (χ2v) is 2.28. The van der Waals surface area contributed by atoms with Gasteiger partial charge in [-0.3, -0.25) is 4.98 Å². The van der Waals surface area contributed by atoms with Gasteiger partial charge in [0.25, 0.3) is 0 Å². The normalized spacial score (nSPS) is 8.82. The van der Waals surface area contributed by atoms with E-state index in [0.29, 0.717) is 5.02 Å². The van der Waals surface area contributed by atoms with Crippen LogP contribution in [0.2, 0.25) is 5.02 Å². The van der Waals surface area contributed by atoms with E-state index in [9.17, 15) is 4.79 Å². The molecule has 0 saturated carbocycles. The Kier molecular flexibility index (Phi) is 2.78. The van der Waals surface area contributed by atoms with Crippen molar-refractivity contribution in [3.05, 3.63) is 29.0 Å². The van der Waals surface area contributed by atoms with E-state index >= 15 is 0 Å². The van der Waals surface area contributed by atoms with Crippen molar-refractivity contribution < 1.29 is 4.79 Å². The van der Waals surface area contributed by atoms with Crippen LogP contribution in [0.25, 0.3) is 0 Å². The van der Waals surface area contributed by atoms with Gasteiger partial charge >= 0.3 is 0 Å². The first-order valence-corrected chi connectivity index (χ1v) is 3.34. The maximum Gasteiger partial charge on any atom is 0.235 e. The first-order valence-electron chi connectivity index (χ1n) is 2.96. The lowest BCUT2D eigenvalue weighted by Gasteiger charge is -1.95. The molecule has 0 aliphatic heterocycles. The molecule has 0 bridgehead atoms. The smallest absolute Gasteiger partial charge is 0.235 e. The van der Waals surface area contributed by atoms with E-state index in [1.165, 1.54) is 12.3 Å². The quantitative estimate of drug-likeness (QED) is 0.497. The van der Waals surface area contributed by atoms with Crippen LogP contribution in [0.3, 0.4) is 0 Å². The summed E-state index contributed by atoms with van der Waals surface area (Å²) in [6.07, 6.45) is 4.55. The summed E-state index contributed by atoms with van der Waals surface area (Å²) in [5.41, 5.74) is 0.782. The number of hydrogen-bond donors (Lipinski definition) is 0. The summed E-state index contributed by atoms with van der Waals surface area (Å²) in [6, 6.07) is 1.71. The van der Waals surface area contributed by atoms with Crippen LogP contribution in [0, 0.1) is 0 Å². The maximum absolute atomic E-state index is 9.74. The van der Waals surface area contributed by atoms with Gasteiger partial charge in [0.15, 0.2) is 0 Å². The fourth-order valence-electron chi connectivity index (χ4n) is 0.650. The number of aliphatic imine (C=N–C) groups is 1.